The lowest BCUT2D eigenvalue weighted by molar-refractivity contribution is 0.408. The lowest BCUT2D eigenvalue weighted by Crippen LogP contribution is -2.18. The zero-order chi connectivity index (χ0) is 9.84. The van der Waals surface area contributed by atoms with Crippen molar-refractivity contribution in [2.45, 2.75) is 19.4 Å². The third-order valence-corrected chi connectivity index (χ3v) is 2.02. The first-order chi connectivity index (χ1) is 6.13. The second kappa shape index (κ2) is 4.49. The summed E-state index contributed by atoms with van der Waals surface area (Å²) in [5, 5.41) is 0.719. The van der Waals surface area contributed by atoms with E-state index in [2.05, 4.69) is 0 Å². The van der Waals surface area contributed by atoms with Crippen molar-refractivity contribution in [2.75, 3.05) is 7.11 Å². The maximum atomic E-state index is 5.86. The molecule has 0 saturated heterocycles. The van der Waals surface area contributed by atoms with Crippen molar-refractivity contribution >= 4 is 11.6 Å². The summed E-state index contributed by atoms with van der Waals surface area (Å²) in [7, 11) is 1.65. The third kappa shape index (κ3) is 2.90. The maximum Gasteiger partial charge on any atom is 0.122 e. The predicted octanol–water partition coefficient (Wildman–Crippen LogP) is 2.24. The molecular formula is C10H14ClNO. The average molecular weight is 200 g/mol. The van der Waals surface area contributed by atoms with Crippen LogP contribution in [0.3, 0.4) is 0 Å². The fourth-order valence-electron chi connectivity index (χ4n) is 1.25. The summed E-state index contributed by atoms with van der Waals surface area (Å²) in [6, 6.07) is 5.68. The van der Waals surface area contributed by atoms with E-state index in [1.165, 1.54) is 0 Å². The van der Waals surface area contributed by atoms with Gasteiger partial charge < -0.3 is 10.5 Å². The number of nitrogens with two attached hydrogens (primary N) is 1. The van der Waals surface area contributed by atoms with Crippen LogP contribution >= 0.6 is 11.6 Å². The van der Waals surface area contributed by atoms with E-state index in [-0.39, 0.29) is 6.04 Å². The number of halogens is 1. The second-order valence-corrected chi connectivity index (χ2v) is 3.57. The molecule has 2 N–H and O–H groups in total. The molecule has 0 saturated carbocycles. The summed E-state index contributed by atoms with van der Waals surface area (Å²) in [6.07, 6.45) is 0.781. The summed E-state index contributed by atoms with van der Waals surface area (Å²) in [4.78, 5) is 0. The summed E-state index contributed by atoms with van der Waals surface area (Å²) in [5.41, 5.74) is 6.76. The van der Waals surface area contributed by atoms with Crippen LogP contribution in [-0.4, -0.2) is 13.2 Å². The topological polar surface area (TPSA) is 35.2 Å². The zero-order valence-corrected chi connectivity index (χ0v) is 8.64. The summed E-state index contributed by atoms with van der Waals surface area (Å²) in [5.74, 6) is 0.849. The van der Waals surface area contributed by atoms with E-state index in [1.54, 1.807) is 7.11 Å². The maximum absolute atomic E-state index is 5.86. The van der Waals surface area contributed by atoms with Crippen LogP contribution in [0.4, 0.5) is 0 Å². The monoisotopic (exact) mass is 199 g/mol. The van der Waals surface area contributed by atoms with E-state index in [1.807, 2.05) is 25.1 Å². The van der Waals surface area contributed by atoms with Gasteiger partial charge in [-0.1, -0.05) is 11.6 Å². The van der Waals surface area contributed by atoms with Crippen LogP contribution < -0.4 is 10.5 Å². The van der Waals surface area contributed by atoms with Gasteiger partial charge in [0.05, 0.1) is 7.11 Å². The molecule has 0 heterocycles. The van der Waals surface area contributed by atoms with Crippen LogP contribution in [0.25, 0.3) is 0 Å². The van der Waals surface area contributed by atoms with Crippen molar-refractivity contribution in [3.8, 4) is 5.75 Å². The molecule has 72 valence electrons. The molecule has 13 heavy (non-hydrogen) atoms. The number of hydrogen-bond acceptors (Lipinski definition) is 2. The number of hydrogen-bond donors (Lipinski definition) is 1. The van der Waals surface area contributed by atoms with Crippen molar-refractivity contribution in [2.24, 2.45) is 5.73 Å². The van der Waals surface area contributed by atoms with Gasteiger partial charge in [0.15, 0.2) is 0 Å². The second-order valence-electron chi connectivity index (χ2n) is 3.14. The Hall–Kier alpha value is -0.730. The van der Waals surface area contributed by atoms with Gasteiger partial charge in [0, 0.05) is 11.1 Å². The molecule has 0 radical (unpaired) electrons. The van der Waals surface area contributed by atoms with Crippen LogP contribution in [0.1, 0.15) is 12.5 Å². The molecule has 0 aliphatic rings. The number of methoxy groups -OCH3 is 1. The highest BCUT2D eigenvalue weighted by molar-refractivity contribution is 6.30. The minimum absolute atomic E-state index is 0.118. The van der Waals surface area contributed by atoms with E-state index >= 15 is 0 Å². The van der Waals surface area contributed by atoms with Crippen molar-refractivity contribution in [1.29, 1.82) is 0 Å². The Morgan fingerprint density at radius 1 is 1.54 bits per heavy atom. The SMILES string of the molecule is COc1ccc(Cl)cc1CC(C)N. The minimum atomic E-state index is 0.118. The first-order valence-corrected chi connectivity index (χ1v) is 4.59. The molecule has 3 heteroatoms. The normalized spacial score (nSPS) is 12.6. The Labute approximate surface area is 83.6 Å². The van der Waals surface area contributed by atoms with Gasteiger partial charge in [-0.3, -0.25) is 0 Å². The Morgan fingerprint density at radius 2 is 2.23 bits per heavy atom. The van der Waals surface area contributed by atoms with Crippen molar-refractivity contribution in [1.82, 2.24) is 0 Å². The van der Waals surface area contributed by atoms with Crippen molar-refractivity contribution in [3.63, 3.8) is 0 Å². The summed E-state index contributed by atoms with van der Waals surface area (Å²) < 4.78 is 5.19. The standard InChI is InChI=1S/C10H14ClNO/c1-7(12)5-8-6-9(11)3-4-10(8)13-2/h3-4,6-7H,5,12H2,1-2H3. The molecule has 1 rings (SSSR count). The molecule has 1 atom stereocenters. The number of benzene rings is 1. The zero-order valence-electron chi connectivity index (χ0n) is 7.88. The van der Waals surface area contributed by atoms with Crippen LogP contribution in [0.5, 0.6) is 5.75 Å². The molecule has 1 aromatic rings. The van der Waals surface area contributed by atoms with Crippen LogP contribution in [0.2, 0.25) is 5.02 Å². The van der Waals surface area contributed by atoms with E-state index in [9.17, 15) is 0 Å². The largest absolute Gasteiger partial charge is 0.496 e. The first kappa shape index (κ1) is 10.4. The van der Waals surface area contributed by atoms with Gasteiger partial charge in [-0.25, -0.2) is 0 Å². The van der Waals surface area contributed by atoms with Gasteiger partial charge in [0.1, 0.15) is 5.75 Å². The quantitative estimate of drug-likeness (QED) is 0.811. The van der Waals surface area contributed by atoms with Gasteiger partial charge in [0.2, 0.25) is 0 Å². The fourth-order valence-corrected chi connectivity index (χ4v) is 1.45. The summed E-state index contributed by atoms with van der Waals surface area (Å²) >= 11 is 5.86. The number of rotatable bonds is 3. The average Bonchev–Trinajstić information content (AvgIpc) is 2.03. The van der Waals surface area contributed by atoms with Crippen molar-refractivity contribution < 1.29 is 4.74 Å². The van der Waals surface area contributed by atoms with Gasteiger partial charge >= 0.3 is 0 Å². The predicted molar refractivity (Wildman–Crippen MR) is 55.4 cm³/mol. The molecule has 0 fully saturated rings. The van der Waals surface area contributed by atoms with Gasteiger partial charge in [-0.15, -0.1) is 0 Å². The molecule has 0 aliphatic heterocycles. The Kier molecular flexibility index (Phi) is 3.58. The highest BCUT2D eigenvalue weighted by Crippen LogP contribution is 2.23. The minimum Gasteiger partial charge on any atom is -0.496 e. The van der Waals surface area contributed by atoms with E-state index in [0.29, 0.717) is 0 Å². The molecule has 0 amide bonds. The Balaban J connectivity index is 2.94. The van der Waals surface area contributed by atoms with Gasteiger partial charge in [-0.2, -0.15) is 0 Å². The molecule has 0 aromatic heterocycles. The lowest BCUT2D eigenvalue weighted by Gasteiger charge is -2.10. The third-order valence-electron chi connectivity index (χ3n) is 1.78. The molecule has 0 bridgehead atoms. The first-order valence-electron chi connectivity index (χ1n) is 4.21. The fraction of sp³-hybridized carbons (Fsp3) is 0.400. The van der Waals surface area contributed by atoms with E-state index in [0.717, 1.165) is 22.8 Å². The van der Waals surface area contributed by atoms with Crippen LogP contribution in [0, 0.1) is 0 Å². The molecule has 0 aliphatic carbocycles. The Morgan fingerprint density at radius 3 is 2.77 bits per heavy atom. The molecule has 0 spiro atoms. The summed E-state index contributed by atoms with van der Waals surface area (Å²) in [6.45, 7) is 1.96. The van der Waals surface area contributed by atoms with Crippen LogP contribution in [0.15, 0.2) is 18.2 Å². The van der Waals surface area contributed by atoms with Crippen LogP contribution in [-0.2, 0) is 6.42 Å². The van der Waals surface area contributed by atoms with E-state index < -0.39 is 0 Å². The lowest BCUT2D eigenvalue weighted by atomic mass is 10.1. The highest BCUT2D eigenvalue weighted by Gasteiger charge is 2.05. The molecule has 1 aromatic carbocycles. The molecule has 1 unspecified atom stereocenters. The van der Waals surface area contributed by atoms with Gasteiger partial charge in [0.25, 0.3) is 0 Å². The number of ether oxygens (including phenoxy) is 1. The molecular weight excluding hydrogens is 186 g/mol. The van der Waals surface area contributed by atoms with Gasteiger partial charge in [-0.05, 0) is 37.1 Å². The Bertz CT molecular complexity index is 286. The van der Waals surface area contributed by atoms with Crippen molar-refractivity contribution in [3.05, 3.63) is 28.8 Å². The smallest absolute Gasteiger partial charge is 0.122 e. The molecule has 2 nitrogen and oxygen atoms in total. The highest BCUT2D eigenvalue weighted by atomic mass is 35.5. The van der Waals surface area contributed by atoms with E-state index in [4.69, 9.17) is 22.1 Å².